The van der Waals surface area contributed by atoms with Crippen LogP contribution in [0.4, 0.5) is 5.69 Å². The number of carbonyl (C=O) groups excluding carboxylic acids is 2. The van der Waals surface area contributed by atoms with Crippen molar-refractivity contribution < 1.29 is 14.3 Å². The van der Waals surface area contributed by atoms with Crippen LogP contribution in [0.25, 0.3) is 10.9 Å². The Morgan fingerprint density at radius 2 is 2.07 bits per heavy atom. The molecule has 1 aromatic heterocycles. The van der Waals surface area contributed by atoms with E-state index >= 15 is 0 Å². The molecular formula is C22H21ClN2O3. The van der Waals surface area contributed by atoms with Gasteiger partial charge in [-0.2, -0.15) is 0 Å². The van der Waals surface area contributed by atoms with Gasteiger partial charge in [0.25, 0.3) is 5.91 Å². The molecule has 0 unspecified atom stereocenters. The zero-order valence-corrected chi connectivity index (χ0v) is 16.4. The number of amides is 1. The fourth-order valence-electron chi connectivity index (χ4n) is 3.52. The number of rotatable bonds is 6. The Balaban J connectivity index is 1.59. The lowest BCUT2D eigenvalue weighted by atomic mass is 10.1. The second kappa shape index (κ2) is 7.68. The van der Waals surface area contributed by atoms with E-state index in [1.807, 2.05) is 47.2 Å². The number of esters is 1. The Morgan fingerprint density at radius 1 is 1.21 bits per heavy atom. The molecule has 2 aromatic carbocycles. The SMILES string of the molecule is CCCCOC(=O)Cn1ccc2ccc(N3Cc4cccc(Cl)c4C3=O)cc21. The number of hydrogen-bond donors (Lipinski definition) is 0. The van der Waals surface area contributed by atoms with E-state index in [1.54, 1.807) is 11.0 Å². The minimum atomic E-state index is -0.257. The first kappa shape index (κ1) is 18.6. The van der Waals surface area contributed by atoms with Gasteiger partial charge in [0.05, 0.1) is 29.3 Å². The Bertz CT molecular complexity index is 1060. The van der Waals surface area contributed by atoms with Gasteiger partial charge in [0.1, 0.15) is 6.54 Å². The van der Waals surface area contributed by atoms with E-state index in [9.17, 15) is 9.59 Å². The van der Waals surface area contributed by atoms with Crippen molar-refractivity contribution in [2.24, 2.45) is 0 Å². The summed E-state index contributed by atoms with van der Waals surface area (Å²) in [4.78, 5) is 26.7. The van der Waals surface area contributed by atoms with E-state index in [2.05, 4.69) is 6.92 Å². The standard InChI is InChI=1S/C22H21ClN2O3/c1-2-3-11-28-20(26)14-24-10-9-15-7-8-17(12-19(15)24)25-13-16-5-4-6-18(23)21(16)22(25)27/h4-10,12H,2-3,11,13-14H2,1H3. The first-order valence-corrected chi connectivity index (χ1v) is 9.80. The van der Waals surface area contributed by atoms with Gasteiger partial charge >= 0.3 is 5.97 Å². The molecule has 144 valence electrons. The molecule has 0 aliphatic carbocycles. The van der Waals surface area contributed by atoms with Gasteiger partial charge in [-0.25, -0.2) is 0 Å². The molecule has 0 saturated heterocycles. The molecule has 0 fully saturated rings. The van der Waals surface area contributed by atoms with Crippen LogP contribution in [-0.2, 0) is 22.6 Å². The Hall–Kier alpha value is -2.79. The monoisotopic (exact) mass is 396 g/mol. The second-order valence-electron chi connectivity index (χ2n) is 6.93. The molecular weight excluding hydrogens is 376 g/mol. The number of nitrogens with zero attached hydrogens (tertiary/aromatic N) is 2. The van der Waals surface area contributed by atoms with Crippen LogP contribution in [0, 0.1) is 0 Å². The lowest BCUT2D eigenvalue weighted by Gasteiger charge is -2.16. The molecule has 0 saturated carbocycles. The summed E-state index contributed by atoms with van der Waals surface area (Å²) in [5, 5.41) is 1.48. The Morgan fingerprint density at radius 3 is 2.86 bits per heavy atom. The Labute approximate surface area is 168 Å². The molecule has 5 nitrogen and oxygen atoms in total. The highest BCUT2D eigenvalue weighted by Gasteiger charge is 2.30. The third-order valence-corrected chi connectivity index (χ3v) is 5.33. The molecule has 1 amide bonds. The third-order valence-electron chi connectivity index (χ3n) is 5.02. The molecule has 1 aliphatic heterocycles. The smallest absolute Gasteiger partial charge is 0.325 e. The number of fused-ring (bicyclic) bond motifs is 2. The van der Waals surface area contributed by atoms with Crippen molar-refractivity contribution in [3.8, 4) is 0 Å². The molecule has 0 radical (unpaired) electrons. The first-order valence-electron chi connectivity index (χ1n) is 9.42. The summed E-state index contributed by atoms with van der Waals surface area (Å²) in [7, 11) is 0. The number of hydrogen-bond acceptors (Lipinski definition) is 3. The van der Waals surface area contributed by atoms with E-state index in [-0.39, 0.29) is 18.4 Å². The molecule has 1 aliphatic rings. The van der Waals surface area contributed by atoms with Crippen LogP contribution in [0.1, 0.15) is 35.7 Å². The van der Waals surface area contributed by atoms with Crippen LogP contribution >= 0.6 is 11.6 Å². The van der Waals surface area contributed by atoms with Crippen molar-refractivity contribution in [3.05, 3.63) is 64.8 Å². The van der Waals surface area contributed by atoms with Gasteiger partial charge in [-0.15, -0.1) is 0 Å². The zero-order chi connectivity index (χ0) is 19.7. The molecule has 6 heteroatoms. The van der Waals surface area contributed by atoms with Crippen LogP contribution in [0.5, 0.6) is 0 Å². The lowest BCUT2D eigenvalue weighted by Crippen LogP contribution is -2.23. The highest BCUT2D eigenvalue weighted by Crippen LogP contribution is 2.34. The minimum Gasteiger partial charge on any atom is -0.464 e. The van der Waals surface area contributed by atoms with Crippen LogP contribution in [0.2, 0.25) is 5.02 Å². The number of anilines is 1. The molecule has 2 heterocycles. The van der Waals surface area contributed by atoms with Crippen LogP contribution in [-0.4, -0.2) is 23.1 Å². The predicted octanol–water partition coefficient (Wildman–Crippen LogP) is 4.80. The first-order chi connectivity index (χ1) is 13.6. The number of benzene rings is 2. The number of aromatic nitrogens is 1. The summed E-state index contributed by atoms with van der Waals surface area (Å²) in [5.74, 6) is -0.357. The minimum absolute atomic E-state index is 0.1000. The molecule has 3 aromatic rings. The van der Waals surface area contributed by atoms with Gasteiger partial charge in [-0.1, -0.05) is 43.1 Å². The highest BCUT2D eigenvalue weighted by molar-refractivity contribution is 6.35. The van der Waals surface area contributed by atoms with Gasteiger partial charge in [-0.3, -0.25) is 9.59 Å². The number of halogens is 1. The number of ether oxygens (including phenoxy) is 1. The van der Waals surface area contributed by atoms with Crippen molar-refractivity contribution >= 4 is 40.1 Å². The largest absolute Gasteiger partial charge is 0.464 e. The van der Waals surface area contributed by atoms with Crippen molar-refractivity contribution in [3.63, 3.8) is 0 Å². The normalized spacial score (nSPS) is 13.2. The van der Waals surface area contributed by atoms with E-state index in [1.165, 1.54) is 0 Å². The van der Waals surface area contributed by atoms with Crippen molar-refractivity contribution in [1.29, 1.82) is 0 Å². The maximum atomic E-state index is 12.9. The van der Waals surface area contributed by atoms with Crippen LogP contribution < -0.4 is 4.90 Å². The van der Waals surface area contributed by atoms with Gasteiger partial charge in [0, 0.05) is 11.9 Å². The van der Waals surface area contributed by atoms with Gasteiger partial charge in [0.2, 0.25) is 0 Å². The van der Waals surface area contributed by atoms with Crippen LogP contribution in [0.15, 0.2) is 48.7 Å². The quantitative estimate of drug-likeness (QED) is 0.444. The summed E-state index contributed by atoms with van der Waals surface area (Å²) in [6.45, 7) is 3.14. The fourth-order valence-corrected chi connectivity index (χ4v) is 3.79. The van der Waals surface area contributed by atoms with Crippen LogP contribution in [0.3, 0.4) is 0 Å². The van der Waals surface area contributed by atoms with Gasteiger partial charge in [0.15, 0.2) is 0 Å². The summed E-state index contributed by atoms with van der Waals surface area (Å²) in [6.07, 6.45) is 3.72. The molecule has 0 bridgehead atoms. The lowest BCUT2D eigenvalue weighted by molar-refractivity contribution is -0.144. The molecule has 28 heavy (non-hydrogen) atoms. The summed E-state index contributed by atoms with van der Waals surface area (Å²) in [6, 6.07) is 13.3. The zero-order valence-electron chi connectivity index (χ0n) is 15.7. The third kappa shape index (κ3) is 3.38. The fraction of sp³-hybridized carbons (Fsp3) is 0.273. The summed E-state index contributed by atoms with van der Waals surface area (Å²) >= 11 is 6.23. The van der Waals surface area contributed by atoms with E-state index in [0.29, 0.717) is 23.7 Å². The van der Waals surface area contributed by atoms with Gasteiger partial charge in [-0.05, 0) is 41.6 Å². The number of unbranched alkanes of at least 4 members (excludes halogenated alkanes) is 1. The summed E-state index contributed by atoms with van der Waals surface area (Å²) in [5.41, 5.74) is 3.16. The van der Waals surface area contributed by atoms with Crippen molar-refractivity contribution in [1.82, 2.24) is 4.57 Å². The molecule has 0 N–H and O–H groups in total. The number of carbonyl (C=O) groups is 2. The van der Waals surface area contributed by atoms with E-state index in [0.717, 1.165) is 35.0 Å². The van der Waals surface area contributed by atoms with Crippen molar-refractivity contribution in [2.75, 3.05) is 11.5 Å². The average Bonchev–Trinajstić information content (AvgIpc) is 3.23. The maximum absolute atomic E-state index is 12.9. The van der Waals surface area contributed by atoms with Gasteiger partial charge < -0.3 is 14.2 Å². The average molecular weight is 397 g/mol. The Kier molecular flexibility index (Phi) is 5.09. The highest BCUT2D eigenvalue weighted by atomic mass is 35.5. The topological polar surface area (TPSA) is 51.5 Å². The maximum Gasteiger partial charge on any atom is 0.325 e. The second-order valence-corrected chi connectivity index (χ2v) is 7.33. The predicted molar refractivity (Wildman–Crippen MR) is 110 cm³/mol. The van der Waals surface area contributed by atoms with Crippen molar-refractivity contribution in [2.45, 2.75) is 32.9 Å². The molecule has 0 atom stereocenters. The molecule has 4 rings (SSSR count). The molecule has 0 spiro atoms. The van der Waals surface area contributed by atoms with E-state index in [4.69, 9.17) is 16.3 Å². The summed E-state index contributed by atoms with van der Waals surface area (Å²) < 4.78 is 7.12. The van der Waals surface area contributed by atoms with E-state index < -0.39 is 0 Å².